The first-order valence-corrected chi connectivity index (χ1v) is 8.18. The zero-order valence-corrected chi connectivity index (χ0v) is 14.8. The van der Waals surface area contributed by atoms with Crippen molar-refractivity contribution < 1.29 is 4.74 Å². The number of morpholine rings is 1. The van der Waals surface area contributed by atoms with Crippen LogP contribution in [0.2, 0.25) is 0 Å². The molecule has 2 fully saturated rings. The summed E-state index contributed by atoms with van der Waals surface area (Å²) in [5.41, 5.74) is 0.717. The quantitative estimate of drug-likeness (QED) is 0.679. The van der Waals surface area contributed by atoms with Crippen molar-refractivity contribution in [2.45, 2.75) is 66.0 Å². The van der Waals surface area contributed by atoms with Crippen LogP contribution < -0.4 is 0 Å². The molecule has 20 heavy (non-hydrogen) atoms. The summed E-state index contributed by atoms with van der Waals surface area (Å²) < 4.78 is 5.25. The molecule has 1 atom stereocenters. The van der Waals surface area contributed by atoms with E-state index < -0.39 is 0 Å². The monoisotopic (exact) mass is 284 g/mol. The second kappa shape index (κ2) is 7.24. The molecular weight excluding hydrogens is 248 g/mol. The van der Waals surface area contributed by atoms with Crippen LogP contribution in [-0.2, 0) is 4.74 Å². The Bertz CT molecular complexity index is 257. The fourth-order valence-corrected chi connectivity index (χ4v) is 2.78. The number of likely N-dealkylation sites (tertiary alicyclic amines) is 1. The van der Waals surface area contributed by atoms with Gasteiger partial charge in [-0.2, -0.15) is 0 Å². The number of ether oxygens (including phenoxy) is 1. The molecule has 0 saturated carbocycles. The van der Waals surface area contributed by atoms with Gasteiger partial charge in [-0.3, -0.25) is 9.80 Å². The van der Waals surface area contributed by atoms with Crippen LogP contribution >= 0.6 is 0 Å². The first-order valence-electron chi connectivity index (χ1n) is 8.18. The summed E-state index contributed by atoms with van der Waals surface area (Å²) in [5, 5.41) is 0. The first kappa shape index (κ1) is 17.9. The van der Waals surface area contributed by atoms with Gasteiger partial charge in [0.25, 0.3) is 0 Å². The lowest BCUT2D eigenvalue weighted by molar-refractivity contribution is -0.00389. The highest BCUT2D eigenvalue weighted by molar-refractivity contribution is 4.82. The zero-order chi connectivity index (χ0) is 15.4. The van der Waals surface area contributed by atoms with E-state index in [0.29, 0.717) is 11.1 Å². The summed E-state index contributed by atoms with van der Waals surface area (Å²) in [7, 11) is 0. The third kappa shape index (κ3) is 6.11. The SMILES string of the molecule is CC(C)(C)N1CCOCC1.CC1CCN(C(C)(C)C)C1. The molecule has 0 N–H and O–H groups in total. The molecule has 0 bridgehead atoms. The van der Waals surface area contributed by atoms with Gasteiger partial charge in [0, 0.05) is 30.7 Å². The van der Waals surface area contributed by atoms with Crippen LogP contribution in [0.15, 0.2) is 0 Å². The zero-order valence-electron chi connectivity index (χ0n) is 14.8. The molecule has 0 spiro atoms. The molecule has 2 aliphatic heterocycles. The highest BCUT2D eigenvalue weighted by atomic mass is 16.5. The third-order valence-electron chi connectivity index (χ3n) is 4.33. The number of hydrogen-bond acceptors (Lipinski definition) is 3. The molecule has 2 rings (SSSR count). The normalized spacial score (nSPS) is 26.2. The van der Waals surface area contributed by atoms with Gasteiger partial charge in [-0.05, 0) is 60.4 Å². The summed E-state index contributed by atoms with van der Waals surface area (Å²) in [5.74, 6) is 0.916. The third-order valence-corrected chi connectivity index (χ3v) is 4.33. The van der Waals surface area contributed by atoms with Crippen molar-refractivity contribution in [2.75, 3.05) is 39.4 Å². The van der Waals surface area contributed by atoms with Gasteiger partial charge in [0.05, 0.1) is 13.2 Å². The molecule has 0 radical (unpaired) electrons. The molecule has 3 heteroatoms. The topological polar surface area (TPSA) is 15.7 Å². The predicted molar refractivity (Wildman–Crippen MR) is 87.3 cm³/mol. The number of rotatable bonds is 0. The minimum atomic E-state index is 0.323. The molecule has 1 unspecified atom stereocenters. The summed E-state index contributed by atoms with van der Waals surface area (Å²) in [4.78, 5) is 5.02. The Kier molecular flexibility index (Phi) is 6.49. The molecule has 0 aliphatic carbocycles. The second-order valence-corrected chi connectivity index (χ2v) is 8.28. The van der Waals surface area contributed by atoms with Crippen LogP contribution in [0.5, 0.6) is 0 Å². The largest absolute Gasteiger partial charge is 0.379 e. The van der Waals surface area contributed by atoms with Gasteiger partial charge in [-0.15, -0.1) is 0 Å². The van der Waals surface area contributed by atoms with E-state index in [9.17, 15) is 0 Å². The first-order chi connectivity index (χ1) is 9.10. The average molecular weight is 284 g/mol. The molecule has 2 saturated heterocycles. The minimum absolute atomic E-state index is 0.323. The summed E-state index contributed by atoms with van der Waals surface area (Å²) in [6.07, 6.45) is 1.39. The lowest BCUT2D eigenvalue weighted by Gasteiger charge is -2.38. The van der Waals surface area contributed by atoms with Gasteiger partial charge in [-0.25, -0.2) is 0 Å². The summed E-state index contributed by atoms with van der Waals surface area (Å²) in [6, 6.07) is 0. The Morgan fingerprint density at radius 3 is 1.55 bits per heavy atom. The second-order valence-electron chi connectivity index (χ2n) is 8.28. The van der Waals surface area contributed by atoms with Crippen molar-refractivity contribution in [3.05, 3.63) is 0 Å². The van der Waals surface area contributed by atoms with Gasteiger partial charge in [0.1, 0.15) is 0 Å². The van der Waals surface area contributed by atoms with Crippen molar-refractivity contribution in [3.8, 4) is 0 Å². The highest BCUT2D eigenvalue weighted by Gasteiger charge is 2.27. The van der Waals surface area contributed by atoms with Gasteiger partial charge >= 0.3 is 0 Å². The van der Waals surface area contributed by atoms with E-state index in [-0.39, 0.29) is 0 Å². The Morgan fingerprint density at radius 2 is 1.30 bits per heavy atom. The molecule has 120 valence electrons. The van der Waals surface area contributed by atoms with E-state index in [1.807, 2.05) is 0 Å². The smallest absolute Gasteiger partial charge is 0.0594 e. The summed E-state index contributed by atoms with van der Waals surface area (Å²) in [6.45, 7) is 22.5. The lowest BCUT2D eigenvalue weighted by atomic mass is 10.1. The fraction of sp³-hybridized carbons (Fsp3) is 1.00. The maximum Gasteiger partial charge on any atom is 0.0594 e. The van der Waals surface area contributed by atoms with Crippen molar-refractivity contribution >= 4 is 0 Å². The van der Waals surface area contributed by atoms with Gasteiger partial charge in [-0.1, -0.05) is 6.92 Å². The Labute approximate surface area is 126 Å². The van der Waals surface area contributed by atoms with Crippen LogP contribution in [0.25, 0.3) is 0 Å². The van der Waals surface area contributed by atoms with E-state index >= 15 is 0 Å². The molecule has 0 aromatic rings. The fourth-order valence-electron chi connectivity index (χ4n) is 2.78. The van der Waals surface area contributed by atoms with E-state index in [1.165, 1.54) is 19.5 Å². The van der Waals surface area contributed by atoms with Crippen molar-refractivity contribution in [3.63, 3.8) is 0 Å². The van der Waals surface area contributed by atoms with E-state index in [1.54, 1.807) is 0 Å². The van der Waals surface area contributed by atoms with Crippen LogP contribution in [-0.4, -0.2) is 60.3 Å². The van der Waals surface area contributed by atoms with Crippen LogP contribution in [0.3, 0.4) is 0 Å². The maximum atomic E-state index is 5.25. The minimum Gasteiger partial charge on any atom is -0.379 e. The van der Waals surface area contributed by atoms with E-state index in [0.717, 1.165) is 32.2 Å². The number of hydrogen-bond donors (Lipinski definition) is 0. The molecule has 0 amide bonds. The molecule has 0 aromatic carbocycles. The Balaban J connectivity index is 0.000000200. The molecule has 0 aromatic heterocycles. The highest BCUT2D eigenvalue weighted by Crippen LogP contribution is 2.23. The number of nitrogens with zero attached hydrogens (tertiary/aromatic N) is 2. The Hall–Kier alpha value is -0.120. The van der Waals surface area contributed by atoms with Crippen LogP contribution in [0, 0.1) is 5.92 Å². The van der Waals surface area contributed by atoms with E-state index in [2.05, 4.69) is 58.3 Å². The van der Waals surface area contributed by atoms with Crippen molar-refractivity contribution in [1.82, 2.24) is 9.80 Å². The van der Waals surface area contributed by atoms with E-state index in [4.69, 9.17) is 4.74 Å². The molecule has 2 heterocycles. The van der Waals surface area contributed by atoms with Crippen molar-refractivity contribution in [1.29, 1.82) is 0 Å². The Morgan fingerprint density at radius 1 is 0.800 bits per heavy atom. The molecular formula is C17H36N2O. The molecule has 3 nitrogen and oxygen atoms in total. The summed E-state index contributed by atoms with van der Waals surface area (Å²) >= 11 is 0. The van der Waals surface area contributed by atoms with Gasteiger partial charge in [0.15, 0.2) is 0 Å². The van der Waals surface area contributed by atoms with Crippen molar-refractivity contribution in [2.24, 2.45) is 5.92 Å². The predicted octanol–water partition coefficient (Wildman–Crippen LogP) is 3.24. The van der Waals surface area contributed by atoms with Crippen LogP contribution in [0.1, 0.15) is 54.9 Å². The van der Waals surface area contributed by atoms with Crippen LogP contribution in [0.4, 0.5) is 0 Å². The van der Waals surface area contributed by atoms with Gasteiger partial charge < -0.3 is 4.74 Å². The lowest BCUT2D eigenvalue weighted by Crippen LogP contribution is -2.47. The maximum absolute atomic E-state index is 5.25. The molecule has 2 aliphatic rings. The van der Waals surface area contributed by atoms with Gasteiger partial charge in [0.2, 0.25) is 0 Å². The standard InChI is InChI=1S/C9H19N.C8H17NO/c1-8-5-6-10(7-8)9(2,3)4;1-8(2,3)9-4-6-10-7-5-9/h8H,5-7H2,1-4H3;4-7H2,1-3H3. The average Bonchev–Trinajstić information content (AvgIpc) is 2.77.